The lowest BCUT2D eigenvalue weighted by Crippen LogP contribution is -2.39. The normalized spacial score (nSPS) is 16.9. The highest BCUT2D eigenvalue weighted by Gasteiger charge is 2.27. The van der Waals surface area contributed by atoms with E-state index in [-0.39, 0.29) is 17.6 Å². The Balaban J connectivity index is 1.56. The van der Waals surface area contributed by atoms with Gasteiger partial charge in [-0.25, -0.2) is 9.37 Å². The van der Waals surface area contributed by atoms with E-state index in [1.807, 2.05) is 18.2 Å². The lowest BCUT2D eigenvalue weighted by atomic mass is 9.93. The minimum Gasteiger partial charge on any atom is -0.337 e. The quantitative estimate of drug-likeness (QED) is 0.713. The molecule has 136 valence electrons. The molecule has 6 heteroatoms. The number of rotatable bonds is 3. The van der Waals surface area contributed by atoms with E-state index >= 15 is 0 Å². The second-order valence-corrected chi connectivity index (χ2v) is 6.61. The summed E-state index contributed by atoms with van der Waals surface area (Å²) in [6, 6.07) is 12.3. The van der Waals surface area contributed by atoms with Crippen LogP contribution < -0.4 is 0 Å². The average Bonchev–Trinajstić information content (AvgIpc) is 2.74. The van der Waals surface area contributed by atoms with Gasteiger partial charge in [0.25, 0.3) is 5.91 Å². The zero-order valence-electron chi connectivity index (χ0n) is 14.8. The Hall–Kier alpha value is -3.15. The van der Waals surface area contributed by atoms with Crippen LogP contribution >= 0.6 is 0 Å². The van der Waals surface area contributed by atoms with Crippen molar-refractivity contribution in [2.24, 2.45) is 0 Å². The average molecular weight is 362 g/mol. The minimum atomic E-state index is -0.287. The highest BCUT2D eigenvalue weighted by atomic mass is 19.1. The fourth-order valence-corrected chi connectivity index (χ4v) is 3.47. The molecular formula is C21H19FN4O. The number of piperidine rings is 1. The molecule has 5 nitrogen and oxygen atoms in total. The molecule has 0 radical (unpaired) electrons. The van der Waals surface area contributed by atoms with Crippen LogP contribution in [0.15, 0.2) is 61.1 Å². The molecule has 1 aliphatic heterocycles. The number of amides is 1. The summed E-state index contributed by atoms with van der Waals surface area (Å²) < 4.78 is 14.1. The van der Waals surface area contributed by atoms with Crippen LogP contribution in [0.25, 0.3) is 11.3 Å². The summed E-state index contributed by atoms with van der Waals surface area (Å²) in [5.74, 6) is -0.283. The van der Waals surface area contributed by atoms with E-state index in [0.29, 0.717) is 30.0 Å². The highest BCUT2D eigenvalue weighted by molar-refractivity contribution is 5.92. The maximum absolute atomic E-state index is 14.1. The maximum atomic E-state index is 14.1. The Labute approximate surface area is 156 Å². The van der Waals surface area contributed by atoms with Gasteiger partial charge in [-0.15, -0.1) is 0 Å². The zero-order valence-corrected chi connectivity index (χ0v) is 14.8. The molecule has 3 aromatic rings. The van der Waals surface area contributed by atoms with E-state index in [2.05, 4.69) is 15.0 Å². The second kappa shape index (κ2) is 7.61. The Kier molecular flexibility index (Phi) is 4.87. The van der Waals surface area contributed by atoms with Crippen molar-refractivity contribution in [3.05, 3.63) is 78.3 Å². The summed E-state index contributed by atoms with van der Waals surface area (Å²) in [4.78, 5) is 27.2. The summed E-state index contributed by atoms with van der Waals surface area (Å²) in [5, 5.41) is 0. The van der Waals surface area contributed by atoms with Gasteiger partial charge in [0, 0.05) is 42.7 Å². The molecule has 4 rings (SSSR count). The van der Waals surface area contributed by atoms with Crippen molar-refractivity contribution in [2.75, 3.05) is 13.1 Å². The first-order chi connectivity index (χ1) is 13.2. The van der Waals surface area contributed by atoms with Gasteiger partial charge in [-0.2, -0.15) is 0 Å². The zero-order chi connectivity index (χ0) is 18.6. The van der Waals surface area contributed by atoms with Crippen molar-refractivity contribution in [1.29, 1.82) is 0 Å². The van der Waals surface area contributed by atoms with E-state index in [0.717, 1.165) is 18.5 Å². The fourth-order valence-electron chi connectivity index (χ4n) is 3.47. The molecule has 1 aromatic carbocycles. The van der Waals surface area contributed by atoms with Crippen LogP contribution in [-0.4, -0.2) is 38.8 Å². The number of carbonyl (C=O) groups excluding carboxylic acids is 1. The molecule has 0 spiro atoms. The van der Waals surface area contributed by atoms with Crippen molar-refractivity contribution < 1.29 is 9.18 Å². The number of nitrogens with zero attached hydrogens (tertiary/aromatic N) is 4. The maximum Gasteiger partial charge on any atom is 0.274 e. The highest BCUT2D eigenvalue weighted by Crippen LogP contribution is 2.29. The number of hydrogen-bond acceptors (Lipinski definition) is 4. The second-order valence-electron chi connectivity index (χ2n) is 6.61. The molecule has 2 aromatic heterocycles. The number of pyridine rings is 1. The third-order valence-electron chi connectivity index (χ3n) is 4.83. The Bertz CT molecular complexity index is 948. The van der Waals surface area contributed by atoms with Gasteiger partial charge in [-0.05, 0) is 37.1 Å². The molecule has 0 saturated carbocycles. The van der Waals surface area contributed by atoms with Gasteiger partial charge in [0.1, 0.15) is 11.5 Å². The van der Waals surface area contributed by atoms with Crippen LogP contribution in [0.4, 0.5) is 4.39 Å². The molecule has 1 saturated heterocycles. The molecule has 1 aliphatic rings. The number of carbonyl (C=O) groups is 1. The predicted octanol–water partition coefficient (Wildman–Crippen LogP) is 3.70. The van der Waals surface area contributed by atoms with Crippen molar-refractivity contribution >= 4 is 5.91 Å². The molecule has 0 bridgehead atoms. The molecular weight excluding hydrogens is 343 g/mol. The van der Waals surface area contributed by atoms with E-state index < -0.39 is 0 Å². The number of halogens is 1. The van der Waals surface area contributed by atoms with Crippen LogP contribution in [0, 0.1) is 5.82 Å². The summed E-state index contributed by atoms with van der Waals surface area (Å²) in [7, 11) is 0. The van der Waals surface area contributed by atoms with Gasteiger partial charge in [0.05, 0.1) is 11.9 Å². The van der Waals surface area contributed by atoms with E-state index in [1.165, 1.54) is 18.5 Å². The van der Waals surface area contributed by atoms with Gasteiger partial charge in [-0.1, -0.05) is 18.2 Å². The van der Waals surface area contributed by atoms with Crippen LogP contribution in [0.2, 0.25) is 0 Å². The first-order valence-electron chi connectivity index (χ1n) is 8.99. The summed E-state index contributed by atoms with van der Waals surface area (Å²) >= 11 is 0. The fraction of sp³-hybridized carbons (Fsp3) is 0.238. The van der Waals surface area contributed by atoms with Crippen molar-refractivity contribution in [3.8, 4) is 11.3 Å². The molecule has 27 heavy (non-hydrogen) atoms. The monoisotopic (exact) mass is 362 g/mol. The summed E-state index contributed by atoms with van der Waals surface area (Å²) in [6.07, 6.45) is 6.39. The van der Waals surface area contributed by atoms with Gasteiger partial charge >= 0.3 is 0 Å². The lowest BCUT2D eigenvalue weighted by molar-refractivity contribution is 0.0699. The van der Waals surface area contributed by atoms with Crippen LogP contribution in [0.5, 0.6) is 0 Å². The van der Waals surface area contributed by atoms with Crippen molar-refractivity contribution in [3.63, 3.8) is 0 Å². The SMILES string of the molecule is O=C(c1cnccn1)N1CCC[C@H](c2cccc(-c3ccccc3F)n2)C1. The predicted molar refractivity (Wildman–Crippen MR) is 99.5 cm³/mol. The molecule has 0 unspecified atom stereocenters. The molecule has 1 fully saturated rings. The largest absolute Gasteiger partial charge is 0.337 e. The van der Waals surface area contributed by atoms with Gasteiger partial charge in [0.2, 0.25) is 0 Å². The van der Waals surface area contributed by atoms with Gasteiger partial charge in [0.15, 0.2) is 0 Å². The molecule has 1 atom stereocenters. The smallest absolute Gasteiger partial charge is 0.274 e. The number of likely N-dealkylation sites (tertiary alicyclic amines) is 1. The third-order valence-corrected chi connectivity index (χ3v) is 4.83. The third kappa shape index (κ3) is 3.69. The van der Waals surface area contributed by atoms with Crippen LogP contribution in [-0.2, 0) is 0 Å². The molecule has 3 heterocycles. The number of hydrogen-bond donors (Lipinski definition) is 0. The van der Waals surface area contributed by atoms with Crippen molar-refractivity contribution in [2.45, 2.75) is 18.8 Å². The lowest BCUT2D eigenvalue weighted by Gasteiger charge is -2.32. The van der Waals surface area contributed by atoms with Gasteiger partial charge < -0.3 is 4.90 Å². The molecule has 1 amide bonds. The Morgan fingerprint density at radius 1 is 1.11 bits per heavy atom. The molecule has 0 N–H and O–H groups in total. The number of benzene rings is 1. The first-order valence-corrected chi connectivity index (χ1v) is 8.99. The minimum absolute atomic E-state index is 0.113. The van der Waals surface area contributed by atoms with Crippen LogP contribution in [0.1, 0.15) is 34.9 Å². The first kappa shape index (κ1) is 17.3. The summed E-state index contributed by atoms with van der Waals surface area (Å²) in [5.41, 5.74) is 2.34. The van der Waals surface area contributed by atoms with Crippen molar-refractivity contribution in [1.82, 2.24) is 19.9 Å². The topological polar surface area (TPSA) is 59.0 Å². The Morgan fingerprint density at radius 2 is 2.00 bits per heavy atom. The standard InChI is InChI=1S/C21H19FN4O/c22-17-7-2-1-6-16(17)19-9-3-8-18(25-19)15-5-4-12-26(14-15)21(27)20-13-23-10-11-24-20/h1-3,6-11,13,15H,4-5,12,14H2/t15-/m0/s1. The van der Waals surface area contributed by atoms with Crippen LogP contribution in [0.3, 0.4) is 0 Å². The Morgan fingerprint density at radius 3 is 2.81 bits per heavy atom. The van der Waals surface area contributed by atoms with E-state index in [1.54, 1.807) is 29.3 Å². The van der Waals surface area contributed by atoms with Gasteiger partial charge in [-0.3, -0.25) is 14.8 Å². The van der Waals surface area contributed by atoms with E-state index in [9.17, 15) is 9.18 Å². The number of aromatic nitrogens is 3. The summed E-state index contributed by atoms with van der Waals surface area (Å²) in [6.45, 7) is 1.27. The molecule has 0 aliphatic carbocycles. The van der Waals surface area contributed by atoms with E-state index in [4.69, 9.17) is 0 Å².